The van der Waals surface area contributed by atoms with Gasteiger partial charge in [0.2, 0.25) is 11.8 Å². The smallest absolute Gasteiger partial charge is 0.407 e. The molecular formula is C45H55N9O6. The number of hydrogen-bond donors (Lipinski definition) is 4. The summed E-state index contributed by atoms with van der Waals surface area (Å²) in [6, 6.07) is 16.7. The molecule has 5 aromatic rings. The van der Waals surface area contributed by atoms with E-state index in [1.807, 2.05) is 56.0 Å². The molecule has 0 aliphatic carbocycles. The molecule has 2 fully saturated rings. The van der Waals surface area contributed by atoms with Crippen LogP contribution < -0.4 is 10.6 Å². The summed E-state index contributed by atoms with van der Waals surface area (Å²) in [7, 11) is 2.58. The van der Waals surface area contributed by atoms with Crippen LogP contribution in [-0.4, -0.2) is 98.1 Å². The first-order valence-electron chi connectivity index (χ1n) is 20.7. The van der Waals surface area contributed by atoms with Crippen molar-refractivity contribution in [1.29, 1.82) is 0 Å². The Balaban J connectivity index is 1.03. The summed E-state index contributed by atoms with van der Waals surface area (Å²) in [5.41, 5.74) is 7.23. The number of H-pyrrole nitrogens is 2. The second kappa shape index (κ2) is 17.5. The van der Waals surface area contributed by atoms with Crippen molar-refractivity contribution in [1.82, 2.24) is 45.4 Å². The number of hydrogen-bond acceptors (Lipinski definition) is 9. The number of carbonyl (C=O) groups excluding carboxylic acids is 4. The summed E-state index contributed by atoms with van der Waals surface area (Å²) in [6.07, 6.45) is 3.87. The molecule has 2 aliphatic heterocycles. The molecule has 0 radical (unpaired) electrons. The van der Waals surface area contributed by atoms with Crippen molar-refractivity contribution in [3.63, 3.8) is 0 Å². The maximum Gasteiger partial charge on any atom is 0.407 e. The van der Waals surface area contributed by atoms with Crippen LogP contribution in [0.15, 0.2) is 67.0 Å². The van der Waals surface area contributed by atoms with Gasteiger partial charge in [-0.15, -0.1) is 0 Å². The number of fused-ring (bicyclic) bond motifs is 1. The normalized spacial score (nSPS) is 20.1. The van der Waals surface area contributed by atoms with Crippen molar-refractivity contribution < 1.29 is 28.7 Å². The summed E-state index contributed by atoms with van der Waals surface area (Å²) in [5, 5.41) is 5.42. The number of carbonyl (C=O) groups is 4. The molecule has 0 spiro atoms. The van der Waals surface area contributed by atoms with E-state index in [0.717, 1.165) is 57.7 Å². The van der Waals surface area contributed by atoms with Crippen LogP contribution in [0.2, 0.25) is 0 Å². The van der Waals surface area contributed by atoms with Crippen LogP contribution in [0.3, 0.4) is 0 Å². The number of alkyl carbamates (subject to hydrolysis) is 2. The molecule has 60 heavy (non-hydrogen) atoms. The van der Waals surface area contributed by atoms with Gasteiger partial charge in [0.1, 0.15) is 23.7 Å². The van der Waals surface area contributed by atoms with Crippen LogP contribution in [-0.2, 0) is 19.1 Å². The highest BCUT2D eigenvalue weighted by molar-refractivity contribution is 5.87. The van der Waals surface area contributed by atoms with Crippen LogP contribution in [0.1, 0.15) is 78.1 Å². The molecule has 3 aromatic heterocycles. The molecule has 0 bridgehead atoms. The number of aromatic amines is 2. The van der Waals surface area contributed by atoms with Crippen LogP contribution in [0.5, 0.6) is 0 Å². The predicted molar refractivity (Wildman–Crippen MR) is 227 cm³/mol. The summed E-state index contributed by atoms with van der Waals surface area (Å²) in [6.45, 7) is 13.0. The Morgan fingerprint density at radius 3 is 1.60 bits per heavy atom. The number of nitrogens with zero attached hydrogens (tertiary/aromatic N) is 5. The van der Waals surface area contributed by atoms with Gasteiger partial charge in [-0.3, -0.25) is 9.59 Å². The maximum atomic E-state index is 13.8. The zero-order valence-corrected chi connectivity index (χ0v) is 35.5. The molecular weight excluding hydrogens is 763 g/mol. The van der Waals surface area contributed by atoms with E-state index in [-0.39, 0.29) is 47.6 Å². The Kier molecular flexibility index (Phi) is 12.2. The van der Waals surface area contributed by atoms with Crippen molar-refractivity contribution in [2.75, 3.05) is 27.3 Å². The number of methoxy groups -OCH3 is 2. The summed E-state index contributed by atoms with van der Waals surface area (Å²) >= 11 is 0. The fourth-order valence-electron chi connectivity index (χ4n) is 8.44. The number of ether oxygens (including phenoxy) is 2. The third-order valence-electron chi connectivity index (χ3n) is 11.7. The molecule has 15 nitrogen and oxygen atoms in total. The number of rotatable bonds is 11. The third-order valence-corrected chi connectivity index (χ3v) is 11.7. The predicted octanol–water partition coefficient (Wildman–Crippen LogP) is 7.26. The Labute approximate surface area is 350 Å². The van der Waals surface area contributed by atoms with E-state index in [1.54, 1.807) is 0 Å². The highest BCUT2D eigenvalue weighted by Gasteiger charge is 2.41. The van der Waals surface area contributed by atoms with E-state index < -0.39 is 24.3 Å². The summed E-state index contributed by atoms with van der Waals surface area (Å²) in [4.78, 5) is 76.3. The Morgan fingerprint density at radius 2 is 1.12 bits per heavy atom. The fraction of sp³-hybridized carbons (Fsp3) is 0.444. The fourth-order valence-corrected chi connectivity index (χ4v) is 8.44. The minimum Gasteiger partial charge on any atom is -0.453 e. The molecule has 15 heteroatoms. The van der Waals surface area contributed by atoms with Gasteiger partial charge in [-0.2, -0.15) is 0 Å². The number of pyridine rings is 1. The summed E-state index contributed by atoms with van der Waals surface area (Å²) < 4.78 is 9.57. The first-order chi connectivity index (χ1) is 28.7. The molecule has 6 atom stereocenters. The Morgan fingerprint density at radius 1 is 0.650 bits per heavy atom. The molecule has 2 aromatic carbocycles. The monoisotopic (exact) mass is 817 g/mol. The van der Waals surface area contributed by atoms with Crippen molar-refractivity contribution in [3.05, 3.63) is 78.6 Å². The van der Waals surface area contributed by atoms with Gasteiger partial charge in [-0.25, -0.2) is 24.5 Å². The van der Waals surface area contributed by atoms with E-state index in [4.69, 9.17) is 19.4 Å². The molecule has 316 valence electrons. The molecule has 4 amide bonds. The van der Waals surface area contributed by atoms with E-state index >= 15 is 0 Å². The molecule has 7 rings (SSSR count). The van der Waals surface area contributed by atoms with Crippen LogP contribution in [0, 0.1) is 23.7 Å². The standard InChI is InChI=1S/C45H55N9O6/c1-24(2)37(50-44(57)59-7)42(55)53-22-26(5)17-35(53)40-47-21-34(49-40)31-15-13-29(14-16-31)28-9-11-30(12-10-28)32-19-33-39(46-20-32)52-41(48-33)36-18-27(6)23-54(36)43(56)38(25(3)4)51-45(58)60-8/h9-16,19-21,24-27,35-38H,17-18,22-23H2,1-8H3,(H,47,49)(H,50,57)(H,51,58)(H,46,48,52)/t26-,27-,35-,36+,37-,38-/m0/s1. The van der Waals surface area contributed by atoms with Gasteiger partial charge in [0, 0.05) is 24.8 Å². The minimum absolute atomic E-state index is 0.116. The van der Waals surface area contributed by atoms with Crippen LogP contribution in [0.4, 0.5) is 9.59 Å². The molecule has 5 heterocycles. The third kappa shape index (κ3) is 8.70. The van der Waals surface area contributed by atoms with E-state index in [9.17, 15) is 19.2 Å². The second-order valence-electron chi connectivity index (χ2n) is 17.0. The van der Waals surface area contributed by atoms with Crippen molar-refractivity contribution >= 4 is 35.2 Å². The number of amides is 4. The lowest BCUT2D eigenvalue weighted by Crippen LogP contribution is -2.51. The zero-order valence-electron chi connectivity index (χ0n) is 35.5. The van der Waals surface area contributed by atoms with Gasteiger partial charge in [-0.1, -0.05) is 90.1 Å². The lowest BCUT2D eigenvalue weighted by molar-refractivity contribution is -0.136. The highest BCUT2D eigenvalue weighted by atomic mass is 16.5. The number of nitrogens with one attached hydrogen (secondary N) is 4. The van der Waals surface area contributed by atoms with Crippen LogP contribution >= 0.6 is 0 Å². The second-order valence-corrected chi connectivity index (χ2v) is 17.0. The van der Waals surface area contributed by atoms with Crippen molar-refractivity contribution in [2.45, 2.75) is 78.6 Å². The topological polar surface area (TPSA) is 188 Å². The first kappa shape index (κ1) is 41.9. The lowest BCUT2D eigenvalue weighted by Gasteiger charge is -2.30. The van der Waals surface area contributed by atoms with Gasteiger partial charge >= 0.3 is 12.2 Å². The zero-order chi connectivity index (χ0) is 42.8. The minimum atomic E-state index is -0.717. The quantitative estimate of drug-likeness (QED) is 0.106. The average molecular weight is 818 g/mol. The molecule has 4 N–H and O–H groups in total. The molecule has 0 unspecified atom stereocenters. The molecule has 2 saturated heterocycles. The lowest BCUT2D eigenvalue weighted by atomic mass is 10.00. The summed E-state index contributed by atoms with van der Waals surface area (Å²) in [5.74, 6) is 1.38. The van der Waals surface area contributed by atoms with Crippen LogP contribution in [0.25, 0.3) is 44.7 Å². The Hall–Kier alpha value is -6.25. The molecule has 0 saturated carbocycles. The maximum absolute atomic E-state index is 13.8. The van der Waals surface area contributed by atoms with E-state index in [0.29, 0.717) is 24.6 Å². The largest absolute Gasteiger partial charge is 0.453 e. The van der Waals surface area contributed by atoms with Gasteiger partial charge in [-0.05, 0) is 64.8 Å². The number of aromatic nitrogens is 5. The van der Waals surface area contributed by atoms with Crippen molar-refractivity contribution in [2.24, 2.45) is 23.7 Å². The first-order valence-corrected chi connectivity index (χ1v) is 20.7. The van der Waals surface area contributed by atoms with Gasteiger partial charge in [0.25, 0.3) is 0 Å². The van der Waals surface area contributed by atoms with Gasteiger partial charge < -0.3 is 39.9 Å². The number of benzene rings is 2. The number of imidazole rings is 2. The average Bonchev–Trinajstić information content (AvgIpc) is 4.06. The molecule has 2 aliphatic rings. The van der Waals surface area contributed by atoms with E-state index in [1.165, 1.54) is 14.2 Å². The highest BCUT2D eigenvalue weighted by Crippen LogP contribution is 2.38. The Bertz CT molecular complexity index is 2340. The van der Waals surface area contributed by atoms with E-state index in [2.05, 4.69) is 88.0 Å². The number of likely N-dealkylation sites (tertiary alicyclic amines) is 2. The SMILES string of the molecule is COC(=O)N[C@H](C(=O)N1C[C@@H](C)C[C@@H]1c1nc2ncc(-c3ccc(-c4ccc(-c5cnc([C@@H]6C[C@H](C)CN6C(=O)[C@@H](NC(=O)OC)C(C)C)[nH]5)cc4)cc3)cc2[nH]1)C(C)C. The van der Waals surface area contributed by atoms with Gasteiger partial charge in [0.15, 0.2) is 5.65 Å². The van der Waals surface area contributed by atoms with Crippen molar-refractivity contribution in [3.8, 4) is 33.5 Å². The van der Waals surface area contributed by atoms with Gasteiger partial charge in [0.05, 0.1) is 43.7 Å².